The maximum absolute atomic E-state index is 12.4. The van der Waals surface area contributed by atoms with Crippen molar-refractivity contribution in [3.05, 3.63) is 41.5 Å². The van der Waals surface area contributed by atoms with Gasteiger partial charge in [0.2, 0.25) is 0 Å². The normalized spacial score (nSPS) is 15.1. The molecule has 1 aliphatic heterocycles. The Labute approximate surface area is 152 Å². The van der Waals surface area contributed by atoms with Gasteiger partial charge in [0.05, 0.1) is 12.2 Å². The summed E-state index contributed by atoms with van der Waals surface area (Å²) in [6.07, 6.45) is 4.47. The van der Waals surface area contributed by atoms with Crippen molar-refractivity contribution in [1.82, 2.24) is 4.90 Å². The van der Waals surface area contributed by atoms with Crippen LogP contribution in [0.25, 0.3) is 10.8 Å². The number of hydrogen-bond acceptors (Lipinski definition) is 5. The molecule has 3 rings (SSSR count). The highest BCUT2D eigenvalue weighted by Crippen LogP contribution is 2.31. The van der Waals surface area contributed by atoms with Gasteiger partial charge in [-0.3, -0.25) is 4.79 Å². The maximum atomic E-state index is 12.4. The van der Waals surface area contributed by atoms with Gasteiger partial charge in [-0.2, -0.15) is 0 Å². The van der Waals surface area contributed by atoms with Crippen LogP contribution < -0.4 is 5.73 Å². The summed E-state index contributed by atoms with van der Waals surface area (Å²) in [5.74, 6) is -1.84. The van der Waals surface area contributed by atoms with Gasteiger partial charge in [0, 0.05) is 6.54 Å². The first kappa shape index (κ1) is 18.2. The maximum Gasteiger partial charge on any atom is 0.341 e. The van der Waals surface area contributed by atoms with E-state index in [4.69, 9.17) is 10.5 Å². The first-order chi connectivity index (χ1) is 12.6. The van der Waals surface area contributed by atoms with Crippen LogP contribution >= 0.6 is 0 Å². The van der Waals surface area contributed by atoms with Crippen LogP contribution in [-0.4, -0.2) is 48.1 Å². The number of piperidine rings is 1. The molecule has 0 aliphatic carbocycles. The molecule has 26 heavy (non-hydrogen) atoms. The van der Waals surface area contributed by atoms with Gasteiger partial charge < -0.3 is 20.5 Å². The van der Waals surface area contributed by atoms with E-state index in [2.05, 4.69) is 4.90 Å². The molecule has 1 heterocycles. The van der Waals surface area contributed by atoms with Crippen LogP contribution in [-0.2, 0) is 4.74 Å². The largest absolute Gasteiger partial charge is 0.506 e. The topological polar surface area (TPSA) is 92.9 Å². The summed E-state index contributed by atoms with van der Waals surface area (Å²) < 4.78 is 5.31. The number of primary amides is 1. The third kappa shape index (κ3) is 3.96. The Hall–Kier alpha value is -2.60. The minimum Gasteiger partial charge on any atom is -0.506 e. The lowest BCUT2D eigenvalue weighted by Gasteiger charge is -2.26. The number of amides is 1. The summed E-state index contributed by atoms with van der Waals surface area (Å²) in [5.41, 5.74) is 5.31. The van der Waals surface area contributed by atoms with Crippen LogP contribution in [0.15, 0.2) is 30.3 Å². The summed E-state index contributed by atoms with van der Waals surface area (Å²) >= 11 is 0. The Morgan fingerprint density at radius 1 is 1.15 bits per heavy atom. The van der Waals surface area contributed by atoms with Gasteiger partial charge in [-0.05, 0) is 49.2 Å². The van der Waals surface area contributed by atoms with Gasteiger partial charge in [-0.25, -0.2) is 4.79 Å². The number of phenols is 1. The number of carbonyl (C=O) groups is 2. The molecule has 1 amide bonds. The first-order valence-corrected chi connectivity index (χ1v) is 9.02. The molecule has 2 aromatic carbocycles. The first-order valence-electron chi connectivity index (χ1n) is 9.02. The monoisotopic (exact) mass is 356 g/mol. The lowest BCUT2D eigenvalue weighted by Crippen LogP contribution is -2.31. The van der Waals surface area contributed by atoms with Crippen LogP contribution in [0.3, 0.4) is 0 Å². The van der Waals surface area contributed by atoms with Crippen molar-refractivity contribution >= 4 is 22.6 Å². The van der Waals surface area contributed by atoms with E-state index in [1.165, 1.54) is 25.3 Å². The van der Waals surface area contributed by atoms with E-state index in [1.54, 1.807) is 24.3 Å². The molecule has 0 spiro atoms. The van der Waals surface area contributed by atoms with E-state index >= 15 is 0 Å². The van der Waals surface area contributed by atoms with Gasteiger partial charge >= 0.3 is 5.97 Å². The lowest BCUT2D eigenvalue weighted by atomic mass is 9.99. The van der Waals surface area contributed by atoms with Crippen LogP contribution in [0.2, 0.25) is 0 Å². The fraction of sp³-hybridized carbons (Fsp3) is 0.400. The molecule has 3 N–H and O–H groups in total. The predicted octanol–water partition coefficient (Wildman–Crippen LogP) is 2.68. The standard InChI is InChI=1S/C20H24N2O4/c21-19(24)17-15-8-3-2-7-14(15)13-16(18(17)23)20(25)26-12-6-11-22-9-4-1-5-10-22/h2-3,7-8,13,23H,1,4-6,9-12H2,(H2,21,24). The lowest BCUT2D eigenvalue weighted by molar-refractivity contribution is 0.0482. The Morgan fingerprint density at radius 3 is 2.62 bits per heavy atom. The summed E-state index contributed by atoms with van der Waals surface area (Å²) in [5, 5.41) is 11.5. The smallest absolute Gasteiger partial charge is 0.341 e. The van der Waals surface area contributed by atoms with Crippen molar-refractivity contribution in [2.24, 2.45) is 5.73 Å². The molecule has 6 heteroatoms. The molecular formula is C20H24N2O4. The van der Waals surface area contributed by atoms with Crippen LogP contribution in [0.4, 0.5) is 0 Å². The van der Waals surface area contributed by atoms with E-state index in [9.17, 15) is 14.7 Å². The number of fused-ring (bicyclic) bond motifs is 1. The van der Waals surface area contributed by atoms with Crippen molar-refractivity contribution < 1.29 is 19.4 Å². The second-order valence-electron chi connectivity index (χ2n) is 6.62. The number of esters is 1. The van der Waals surface area contributed by atoms with Crippen molar-refractivity contribution in [2.45, 2.75) is 25.7 Å². The van der Waals surface area contributed by atoms with Crippen molar-refractivity contribution in [3.8, 4) is 5.75 Å². The van der Waals surface area contributed by atoms with Gasteiger partial charge in [0.1, 0.15) is 11.3 Å². The summed E-state index contributed by atoms with van der Waals surface area (Å²) in [6, 6.07) is 8.51. The van der Waals surface area contributed by atoms with Gasteiger partial charge in [-0.1, -0.05) is 30.7 Å². The molecule has 6 nitrogen and oxygen atoms in total. The highest BCUT2D eigenvalue weighted by Gasteiger charge is 2.22. The molecule has 0 radical (unpaired) electrons. The second kappa shape index (κ2) is 8.19. The zero-order valence-electron chi connectivity index (χ0n) is 14.7. The molecule has 2 aromatic rings. The zero-order chi connectivity index (χ0) is 18.5. The number of nitrogens with zero attached hydrogens (tertiary/aromatic N) is 1. The van der Waals surface area contributed by atoms with Crippen molar-refractivity contribution in [1.29, 1.82) is 0 Å². The van der Waals surface area contributed by atoms with E-state index in [0.29, 0.717) is 10.8 Å². The molecule has 1 aliphatic rings. The molecule has 1 saturated heterocycles. The fourth-order valence-electron chi connectivity index (χ4n) is 3.46. The molecule has 0 bridgehead atoms. The van der Waals surface area contributed by atoms with Crippen LogP contribution in [0.5, 0.6) is 5.75 Å². The Morgan fingerprint density at radius 2 is 1.88 bits per heavy atom. The van der Waals surface area contributed by atoms with E-state index < -0.39 is 17.6 Å². The Balaban J connectivity index is 1.69. The molecule has 0 atom stereocenters. The average molecular weight is 356 g/mol. The molecular weight excluding hydrogens is 332 g/mol. The number of nitrogens with two attached hydrogens (primary N) is 1. The fourth-order valence-corrected chi connectivity index (χ4v) is 3.46. The number of likely N-dealkylation sites (tertiary alicyclic amines) is 1. The number of carbonyl (C=O) groups excluding carboxylic acids is 2. The van der Waals surface area contributed by atoms with E-state index in [0.717, 1.165) is 26.1 Å². The molecule has 0 unspecified atom stereocenters. The van der Waals surface area contributed by atoms with Gasteiger partial charge in [0.15, 0.2) is 0 Å². The van der Waals surface area contributed by atoms with E-state index in [1.807, 2.05) is 0 Å². The quantitative estimate of drug-likeness (QED) is 0.613. The Kier molecular flexibility index (Phi) is 5.73. The number of benzene rings is 2. The minimum absolute atomic E-state index is 0.0320. The summed E-state index contributed by atoms with van der Waals surface area (Å²) in [7, 11) is 0. The third-order valence-corrected chi connectivity index (χ3v) is 4.79. The third-order valence-electron chi connectivity index (χ3n) is 4.79. The Bertz CT molecular complexity index is 813. The number of hydrogen-bond donors (Lipinski definition) is 2. The second-order valence-corrected chi connectivity index (χ2v) is 6.62. The van der Waals surface area contributed by atoms with E-state index in [-0.39, 0.29) is 17.7 Å². The highest BCUT2D eigenvalue weighted by molar-refractivity contribution is 6.12. The highest BCUT2D eigenvalue weighted by atomic mass is 16.5. The minimum atomic E-state index is -0.779. The number of rotatable bonds is 6. The van der Waals surface area contributed by atoms with Gasteiger partial charge in [0.25, 0.3) is 5.91 Å². The summed E-state index contributed by atoms with van der Waals surface area (Å²) in [4.78, 5) is 26.5. The number of ether oxygens (including phenoxy) is 1. The molecule has 0 saturated carbocycles. The molecule has 1 fully saturated rings. The van der Waals surface area contributed by atoms with Gasteiger partial charge in [-0.15, -0.1) is 0 Å². The predicted molar refractivity (Wildman–Crippen MR) is 99.3 cm³/mol. The molecule has 0 aromatic heterocycles. The van der Waals surface area contributed by atoms with Crippen LogP contribution in [0, 0.1) is 0 Å². The number of aromatic hydroxyl groups is 1. The zero-order valence-corrected chi connectivity index (χ0v) is 14.7. The van der Waals surface area contributed by atoms with Crippen LogP contribution in [0.1, 0.15) is 46.4 Å². The van der Waals surface area contributed by atoms with Crippen molar-refractivity contribution in [2.75, 3.05) is 26.2 Å². The average Bonchev–Trinajstić information content (AvgIpc) is 2.65. The molecule has 138 valence electrons. The van der Waals surface area contributed by atoms with Crippen molar-refractivity contribution in [3.63, 3.8) is 0 Å². The summed E-state index contributed by atoms with van der Waals surface area (Å²) in [6.45, 7) is 3.36. The SMILES string of the molecule is NC(=O)c1c(O)c(C(=O)OCCCN2CCCCC2)cc2ccccc12.